The second-order valence-electron chi connectivity index (χ2n) is 8.59. The van der Waals surface area contributed by atoms with Crippen molar-refractivity contribution in [3.8, 4) is 0 Å². The molecule has 0 saturated heterocycles. The molecule has 0 amide bonds. The van der Waals surface area contributed by atoms with Gasteiger partial charge in [-0.05, 0) is 55.3 Å². The van der Waals surface area contributed by atoms with Gasteiger partial charge in [-0.1, -0.05) is 36.4 Å². The molecule has 0 aliphatic rings. The molecular weight excluding hydrogens is 433 g/mol. The van der Waals surface area contributed by atoms with Gasteiger partial charge < -0.3 is 10.1 Å². The highest BCUT2D eigenvalue weighted by Gasteiger charge is 2.27. The largest absolute Gasteiger partial charge is 0.481 e. The summed E-state index contributed by atoms with van der Waals surface area (Å²) in [7, 11) is 0. The Morgan fingerprint density at radius 3 is 2.35 bits per heavy atom. The van der Waals surface area contributed by atoms with E-state index in [-0.39, 0.29) is 18.2 Å². The Morgan fingerprint density at radius 1 is 1.00 bits per heavy atom. The number of nitrogens with one attached hydrogen (secondary N) is 1. The minimum atomic E-state index is -1.04. The zero-order valence-electron chi connectivity index (χ0n) is 18.8. The average Bonchev–Trinajstić information content (AvgIpc) is 3.37. The Labute approximate surface area is 194 Å². The van der Waals surface area contributed by atoms with E-state index >= 15 is 0 Å². The van der Waals surface area contributed by atoms with Gasteiger partial charge in [0.2, 0.25) is 0 Å². The lowest BCUT2D eigenvalue weighted by molar-refractivity contribution is -0.137. The molecule has 7 heteroatoms. The fourth-order valence-electron chi connectivity index (χ4n) is 4.95. The van der Waals surface area contributed by atoms with Gasteiger partial charge in [0.25, 0.3) is 0 Å². The van der Waals surface area contributed by atoms with E-state index < -0.39 is 17.8 Å². The first-order valence-corrected chi connectivity index (χ1v) is 11.1. The zero-order chi connectivity index (χ0) is 24.0. The molecule has 0 aliphatic heterocycles. The van der Waals surface area contributed by atoms with Crippen molar-refractivity contribution >= 4 is 27.9 Å². The van der Waals surface area contributed by atoms with Crippen molar-refractivity contribution in [2.24, 2.45) is 0 Å². The number of halogens is 1. The number of carboxylic acids is 1. The highest BCUT2D eigenvalue weighted by atomic mass is 19.1. The number of nitrogens with zero attached hydrogens (tertiary/aromatic N) is 2. The van der Waals surface area contributed by atoms with Crippen molar-refractivity contribution in [2.75, 3.05) is 0 Å². The topological polar surface area (TPSA) is 80.0 Å². The van der Waals surface area contributed by atoms with Crippen molar-refractivity contribution < 1.29 is 14.3 Å². The lowest BCUT2D eigenvalue weighted by Gasteiger charge is -2.18. The van der Waals surface area contributed by atoms with Gasteiger partial charge in [0.15, 0.2) is 0 Å². The number of fused-ring (bicyclic) bond motifs is 2. The zero-order valence-corrected chi connectivity index (χ0v) is 18.8. The molecule has 6 nitrogen and oxygen atoms in total. The molecule has 2 unspecified atom stereocenters. The van der Waals surface area contributed by atoms with Crippen LogP contribution in [0.4, 0.5) is 4.39 Å². The van der Waals surface area contributed by atoms with Crippen LogP contribution in [0.3, 0.4) is 0 Å². The number of imidazole rings is 1. The third-order valence-electron chi connectivity index (χ3n) is 6.53. The van der Waals surface area contributed by atoms with Crippen molar-refractivity contribution in [1.82, 2.24) is 14.1 Å². The Balaban J connectivity index is 1.75. The second kappa shape index (κ2) is 8.33. The molecule has 0 fully saturated rings. The second-order valence-corrected chi connectivity index (χ2v) is 8.59. The van der Waals surface area contributed by atoms with Gasteiger partial charge in [-0.25, -0.2) is 9.18 Å². The van der Waals surface area contributed by atoms with E-state index in [2.05, 4.69) is 4.98 Å². The number of para-hydroxylation sites is 2. The maximum Gasteiger partial charge on any atom is 0.330 e. The molecule has 3 aromatic carbocycles. The molecule has 0 radical (unpaired) electrons. The number of H-pyrrole nitrogens is 1. The maximum atomic E-state index is 14.0. The average molecular weight is 458 g/mol. The van der Waals surface area contributed by atoms with Crippen LogP contribution in [0.2, 0.25) is 0 Å². The summed E-state index contributed by atoms with van der Waals surface area (Å²) in [5.74, 6) is -1.46. The fraction of sp³-hybridized carbons (Fsp3) is 0.185. The van der Waals surface area contributed by atoms with Gasteiger partial charge in [-0.2, -0.15) is 0 Å². The van der Waals surface area contributed by atoms with Gasteiger partial charge >= 0.3 is 11.7 Å². The first kappa shape index (κ1) is 21.7. The third-order valence-corrected chi connectivity index (χ3v) is 6.53. The number of aromatic amines is 1. The van der Waals surface area contributed by atoms with Crippen LogP contribution in [0.25, 0.3) is 21.9 Å². The Bertz CT molecular complexity index is 1580. The molecule has 0 spiro atoms. The minimum absolute atomic E-state index is 0.305. The van der Waals surface area contributed by atoms with E-state index in [1.54, 1.807) is 4.57 Å². The van der Waals surface area contributed by atoms with Gasteiger partial charge in [-0.3, -0.25) is 13.9 Å². The standard InChI is InChI=1S/C27H24FN3O3/c1-16-6-5-7-21-26(16)20(15-29-21)17(2)30-22-8-3-4-9-23(22)31(27(30)34)24(14-25(32)33)18-10-12-19(28)13-11-18/h3-13,15,17,24,29H,14H2,1-2H3,(H,32,33). The lowest BCUT2D eigenvalue weighted by atomic mass is 10.0. The maximum absolute atomic E-state index is 14.0. The van der Waals surface area contributed by atoms with E-state index in [0.29, 0.717) is 16.6 Å². The summed E-state index contributed by atoms with van der Waals surface area (Å²) in [5.41, 5.74) is 4.67. The number of aliphatic carboxylic acids is 1. The molecule has 0 saturated carbocycles. The number of aryl methyl sites for hydroxylation is 1. The van der Waals surface area contributed by atoms with Gasteiger partial charge in [-0.15, -0.1) is 0 Å². The van der Waals surface area contributed by atoms with Crippen LogP contribution in [0.15, 0.2) is 77.7 Å². The number of benzene rings is 3. The summed E-state index contributed by atoms with van der Waals surface area (Å²) < 4.78 is 16.8. The predicted molar refractivity (Wildman–Crippen MR) is 130 cm³/mol. The molecular formula is C27H24FN3O3. The van der Waals surface area contributed by atoms with E-state index in [1.807, 2.05) is 62.5 Å². The number of hydrogen-bond donors (Lipinski definition) is 2. The molecule has 2 aromatic heterocycles. The summed E-state index contributed by atoms with van der Waals surface area (Å²) in [6.45, 7) is 4.01. The molecule has 2 atom stereocenters. The summed E-state index contributed by atoms with van der Waals surface area (Å²) in [4.78, 5) is 29.0. The summed E-state index contributed by atoms with van der Waals surface area (Å²) in [6.07, 6.45) is 1.62. The highest BCUT2D eigenvalue weighted by Crippen LogP contribution is 2.32. The quantitative estimate of drug-likeness (QED) is 0.358. The first-order chi connectivity index (χ1) is 16.4. The SMILES string of the molecule is Cc1cccc2[nH]cc(C(C)n3c(=O)n(C(CC(=O)O)c4ccc(F)cc4)c4ccccc43)c12. The highest BCUT2D eigenvalue weighted by molar-refractivity contribution is 5.87. The summed E-state index contributed by atoms with van der Waals surface area (Å²) in [5, 5.41) is 10.7. The smallest absolute Gasteiger partial charge is 0.330 e. The van der Waals surface area contributed by atoms with Crippen molar-refractivity contribution in [3.05, 3.63) is 106 Å². The van der Waals surface area contributed by atoms with E-state index in [9.17, 15) is 19.1 Å². The molecule has 0 bridgehead atoms. The normalized spacial score (nSPS) is 13.4. The number of carbonyl (C=O) groups is 1. The van der Waals surface area contributed by atoms with Crippen LogP contribution in [0, 0.1) is 12.7 Å². The van der Waals surface area contributed by atoms with Gasteiger partial charge in [0.05, 0.1) is 29.5 Å². The molecule has 5 aromatic rings. The number of hydrogen-bond acceptors (Lipinski definition) is 2. The molecule has 2 heterocycles. The first-order valence-electron chi connectivity index (χ1n) is 11.1. The number of rotatable bonds is 6. The van der Waals surface area contributed by atoms with Crippen LogP contribution >= 0.6 is 0 Å². The van der Waals surface area contributed by atoms with E-state index in [4.69, 9.17) is 0 Å². The molecule has 5 rings (SSSR count). The third kappa shape index (κ3) is 3.50. The Morgan fingerprint density at radius 2 is 1.68 bits per heavy atom. The van der Waals surface area contributed by atoms with Gasteiger partial charge in [0, 0.05) is 22.7 Å². The van der Waals surface area contributed by atoms with Crippen LogP contribution in [0.1, 0.15) is 42.1 Å². The fourth-order valence-corrected chi connectivity index (χ4v) is 4.95. The Hall–Kier alpha value is -4.13. The van der Waals surface area contributed by atoms with Crippen LogP contribution in [-0.2, 0) is 4.79 Å². The van der Waals surface area contributed by atoms with Crippen molar-refractivity contribution in [1.29, 1.82) is 0 Å². The van der Waals surface area contributed by atoms with E-state index in [1.165, 1.54) is 28.8 Å². The minimum Gasteiger partial charge on any atom is -0.481 e. The Kier molecular flexibility index (Phi) is 5.32. The predicted octanol–water partition coefficient (Wildman–Crippen LogP) is 5.41. The number of aromatic nitrogens is 3. The van der Waals surface area contributed by atoms with Crippen LogP contribution in [-0.4, -0.2) is 25.2 Å². The van der Waals surface area contributed by atoms with Crippen LogP contribution in [0.5, 0.6) is 0 Å². The lowest BCUT2D eigenvalue weighted by Crippen LogP contribution is -2.31. The molecule has 2 N–H and O–H groups in total. The molecule has 172 valence electrons. The van der Waals surface area contributed by atoms with Crippen molar-refractivity contribution in [3.63, 3.8) is 0 Å². The summed E-state index contributed by atoms with van der Waals surface area (Å²) in [6, 6.07) is 17.9. The monoisotopic (exact) mass is 457 g/mol. The van der Waals surface area contributed by atoms with Gasteiger partial charge in [0.1, 0.15) is 5.82 Å². The van der Waals surface area contributed by atoms with E-state index in [0.717, 1.165) is 22.0 Å². The number of carboxylic acid groups (broad SMARTS) is 1. The molecule has 34 heavy (non-hydrogen) atoms. The molecule has 0 aliphatic carbocycles. The van der Waals surface area contributed by atoms with Crippen LogP contribution < -0.4 is 5.69 Å². The van der Waals surface area contributed by atoms with Crippen molar-refractivity contribution in [2.45, 2.75) is 32.4 Å². The summed E-state index contributed by atoms with van der Waals surface area (Å²) >= 11 is 0.